The van der Waals surface area contributed by atoms with E-state index in [1.165, 1.54) is 7.11 Å². The van der Waals surface area contributed by atoms with Gasteiger partial charge in [0.15, 0.2) is 4.21 Å². The molecule has 0 unspecified atom stereocenters. The van der Waals surface area contributed by atoms with Crippen LogP contribution in [0.3, 0.4) is 0 Å². The van der Waals surface area contributed by atoms with Crippen LogP contribution in [0.4, 0.5) is 5.69 Å². The lowest BCUT2D eigenvalue weighted by atomic mass is 10.1. The first-order valence-corrected chi connectivity index (χ1v) is 8.87. The van der Waals surface area contributed by atoms with E-state index in [-0.39, 0.29) is 4.21 Å². The van der Waals surface area contributed by atoms with Gasteiger partial charge in [-0.05, 0) is 35.9 Å². The average Bonchev–Trinajstić information content (AvgIpc) is 2.97. The molecule has 2 aromatic rings. The summed E-state index contributed by atoms with van der Waals surface area (Å²) in [6.45, 7) is 0.605. The first-order valence-electron chi connectivity index (χ1n) is 6.51. The maximum absolute atomic E-state index is 12.5. The van der Waals surface area contributed by atoms with Crippen molar-refractivity contribution in [1.82, 2.24) is 0 Å². The normalized spacial score (nSPS) is 14.1. The Kier molecular flexibility index (Phi) is 3.77. The molecule has 0 aliphatic carbocycles. The van der Waals surface area contributed by atoms with Gasteiger partial charge in [0.1, 0.15) is 11.5 Å². The molecule has 3 rings (SSSR count). The molecule has 0 amide bonds. The molecular formula is C14H15NO4S2. The molecule has 0 saturated carbocycles. The molecule has 1 aromatic heterocycles. The van der Waals surface area contributed by atoms with Crippen LogP contribution in [0.15, 0.2) is 33.9 Å². The second-order valence-electron chi connectivity index (χ2n) is 4.63. The molecule has 0 spiro atoms. The maximum atomic E-state index is 12.5. The molecule has 0 fully saturated rings. The topological polar surface area (TPSA) is 64.6 Å². The van der Waals surface area contributed by atoms with Gasteiger partial charge in [-0.1, -0.05) is 12.1 Å². The van der Waals surface area contributed by atoms with Crippen molar-refractivity contribution in [3.8, 4) is 11.5 Å². The first-order chi connectivity index (χ1) is 10.1. The Morgan fingerprint density at radius 3 is 3.00 bits per heavy atom. The Morgan fingerprint density at radius 2 is 2.19 bits per heavy atom. The number of aryl methyl sites for hydroxylation is 1. The standard InChI is InChI=1S/C14H15NO4S2/c1-18-12-7-9-20-14(12)21(16,17)15-11-6-2-4-10-5-3-8-19-13(10)11/h2,4,6-7,9,15H,3,5,8H2,1H3. The molecule has 1 aliphatic heterocycles. The average molecular weight is 325 g/mol. The Morgan fingerprint density at radius 1 is 1.33 bits per heavy atom. The third-order valence-corrected chi connectivity index (χ3v) is 6.05. The van der Waals surface area contributed by atoms with E-state index in [0.717, 1.165) is 29.7 Å². The van der Waals surface area contributed by atoms with Gasteiger partial charge in [0.05, 0.1) is 19.4 Å². The van der Waals surface area contributed by atoms with E-state index in [9.17, 15) is 8.42 Å². The number of thiophene rings is 1. The fourth-order valence-corrected chi connectivity index (χ4v) is 4.63. The van der Waals surface area contributed by atoms with Crippen molar-refractivity contribution < 1.29 is 17.9 Å². The van der Waals surface area contributed by atoms with Crippen molar-refractivity contribution in [2.45, 2.75) is 17.1 Å². The number of benzene rings is 1. The third kappa shape index (κ3) is 2.71. The second kappa shape index (κ2) is 5.57. The van der Waals surface area contributed by atoms with E-state index in [0.29, 0.717) is 23.8 Å². The number of hydrogen-bond acceptors (Lipinski definition) is 5. The van der Waals surface area contributed by atoms with Crippen molar-refractivity contribution >= 4 is 27.0 Å². The molecule has 0 saturated heterocycles. The number of methoxy groups -OCH3 is 1. The molecule has 0 bridgehead atoms. The van der Waals surface area contributed by atoms with Crippen molar-refractivity contribution in [2.24, 2.45) is 0 Å². The molecule has 1 aromatic carbocycles. The number of hydrogen-bond donors (Lipinski definition) is 1. The van der Waals surface area contributed by atoms with Gasteiger partial charge < -0.3 is 9.47 Å². The lowest BCUT2D eigenvalue weighted by Crippen LogP contribution is -2.16. The Labute approximate surface area is 127 Å². The number of para-hydroxylation sites is 1. The van der Waals surface area contributed by atoms with Gasteiger partial charge >= 0.3 is 0 Å². The van der Waals surface area contributed by atoms with E-state index in [1.807, 2.05) is 12.1 Å². The summed E-state index contributed by atoms with van der Waals surface area (Å²) in [6, 6.07) is 7.13. The number of ether oxygens (including phenoxy) is 2. The van der Waals surface area contributed by atoms with Crippen molar-refractivity contribution in [3.05, 3.63) is 35.2 Å². The van der Waals surface area contributed by atoms with Gasteiger partial charge in [-0.15, -0.1) is 11.3 Å². The summed E-state index contributed by atoms with van der Waals surface area (Å²) in [4.78, 5) is 0. The molecule has 0 radical (unpaired) electrons. The maximum Gasteiger partial charge on any atom is 0.275 e. The largest absolute Gasteiger partial charge is 0.494 e. The van der Waals surface area contributed by atoms with Crippen molar-refractivity contribution in [2.75, 3.05) is 18.4 Å². The van der Waals surface area contributed by atoms with Crippen LogP contribution in [-0.2, 0) is 16.4 Å². The lowest BCUT2D eigenvalue weighted by molar-refractivity contribution is 0.290. The summed E-state index contributed by atoms with van der Waals surface area (Å²) < 4.78 is 38.5. The quantitative estimate of drug-likeness (QED) is 0.939. The minimum absolute atomic E-state index is 0.165. The molecule has 5 nitrogen and oxygen atoms in total. The van der Waals surface area contributed by atoms with Crippen LogP contribution in [0.25, 0.3) is 0 Å². The highest BCUT2D eigenvalue weighted by molar-refractivity contribution is 7.94. The predicted molar refractivity (Wildman–Crippen MR) is 81.9 cm³/mol. The summed E-state index contributed by atoms with van der Waals surface area (Å²) in [7, 11) is -2.23. The zero-order valence-electron chi connectivity index (χ0n) is 11.5. The third-order valence-electron chi connectivity index (χ3n) is 3.24. The molecule has 112 valence electrons. The second-order valence-corrected chi connectivity index (χ2v) is 7.42. The van der Waals surface area contributed by atoms with E-state index >= 15 is 0 Å². The molecule has 21 heavy (non-hydrogen) atoms. The first kappa shape index (κ1) is 14.2. The van der Waals surface area contributed by atoms with E-state index in [1.54, 1.807) is 17.5 Å². The van der Waals surface area contributed by atoms with Gasteiger partial charge in [-0.2, -0.15) is 0 Å². The number of sulfonamides is 1. The van der Waals surface area contributed by atoms with E-state index in [4.69, 9.17) is 9.47 Å². The zero-order chi connectivity index (χ0) is 14.9. The molecular weight excluding hydrogens is 310 g/mol. The Hall–Kier alpha value is -1.73. The Bertz CT molecular complexity index is 752. The van der Waals surface area contributed by atoms with Gasteiger partial charge in [0.2, 0.25) is 0 Å². The smallest absolute Gasteiger partial charge is 0.275 e. The summed E-state index contributed by atoms with van der Waals surface area (Å²) in [5, 5.41) is 1.68. The number of anilines is 1. The minimum Gasteiger partial charge on any atom is -0.494 e. The monoisotopic (exact) mass is 325 g/mol. The van der Waals surface area contributed by atoms with Crippen LogP contribution in [0.1, 0.15) is 12.0 Å². The molecule has 0 atom stereocenters. The van der Waals surface area contributed by atoms with Gasteiger partial charge in [0, 0.05) is 0 Å². The summed E-state index contributed by atoms with van der Waals surface area (Å²) in [5.74, 6) is 0.973. The van der Waals surface area contributed by atoms with Crippen molar-refractivity contribution in [1.29, 1.82) is 0 Å². The predicted octanol–water partition coefficient (Wildman–Crippen LogP) is 2.88. The minimum atomic E-state index is -3.68. The van der Waals surface area contributed by atoms with E-state index in [2.05, 4.69) is 4.72 Å². The summed E-state index contributed by atoms with van der Waals surface area (Å²) >= 11 is 1.12. The molecule has 7 heteroatoms. The highest BCUT2D eigenvalue weighted by Crippen LogP contribution is 2.36. The Balaban J connectivity index is 1.97. The van der Waals surface area contributed by atoms with Crippen LogP contribution in [-0.4, -0.2) is 22.1 Å². The van der Waals surface area contributed by atoms with Crippen LogP contribution in [0, 0.1) is 0 Å². The summed E-state index contributed by atoms with van der Waals surface area (Å²) in [5.41, 5.74) is 1.50. The SMILES string of the molecule is COc1ccsc1S(=O)(=O)Nc1cccc2c1OCCC2. The van der Waals surface area contributed by atoms with Gasteiger partial charge in [0.25, 0.3) is 10.0 Å². The number of nitrogens with one attached hydrogen (secondary N) is 1. The lowest BCUT2D eigenvalue weighted by Gasteiger charge is -2.20. The zero-order valence-corrected chi connectivity index (χ0v) is 13.1. The van der Waals surface area contributed by atoms with Crippen LogP contribution >= 0.6 is 11.3 Å². The van der Waals surface area contributed by atoms with Crippen LogP contribution in [0.2, 0.25) is 0 Å². The van der Waals surface area contributed by atoms with Crippen LogP contribution < -0.4 is 14.2 Å². The fourth-order valence-electron chi connectivity index (χ4n) is 2.29. The highest BCUT2D eigenvalue weighted by atomic mass is 32.2. The number of rotatable bonds is 4. The molecule has 2 heterocycles. The highest BCUT2D eigenvalue weighted by Gasteiger charge is 2.24. The molecule has 1 aliphatic rings. The number of fused-ring (bicyclic) bond motifs is 1. The van der Waals surface area contributed by atoms with Gasteiger partial charge in [-0.25, -0.2) is 8.42 Å². The van der Waals surface area contributed by atoms with Crippen LogP contribution in [0.5, 0.6) is 11.5 Å². The van der Waals surface area contributed by atoms with Gasteiger partial charge in [-0.3, -0.25) is 4.72 Å². The van der Waals surface area contributed by atoms with E-state index < -0.39 is 10.0 Å². The fraction of sp³-hybridized carbons (Fsp3) is 0.286. The molecule has 1 N–H and O–H groups in total. The summed E-state index contributed by atoms with van der Waals surface area (Å²) in [6.07, 6.45) is 1.84. The van der Waals surface area contributed by atoms with Crippen molar-refractivity contribution in [3.63, 3.8) is 0 Å².